The van der Waals surface area contributed by atoms with E-state index in [0.717, 1.165) is 25.7 Å². The highest BCUT2D eigenvalue weighted by atomic mass is 35.5. The van der Waals surface area contributed by atoms with E-state index in [4.69, 9.17) is 27.9 Å². The van der Waals surface area contributed by atoms with E-state index in [-0.39, 0.29) is 12.1 Å². The molecular weight excluding hydrogens is 375 g/mol. The lowest BCUT2D eigenvalue weighted by molar-refractivity contribution is -0.146. The van der Waals surface area contributed by atoms with Crippen molar-refractivity contribution >= 4 is 35.2 Å². The number of nitrogens with one attached hydrogen (secondary N) is 2. The number of urea groups is 1. The standard InChI is InChI=1S/C19H22Cl2N2O3/c1-10-3-6-13(7-4-10)26-18(24)16-11(2)22-19(25)23-17(16)12-5-8-14(20)15(21)9-12/h5,8-10,13,17H,3-4,6-7H2,1-2H3,(H2,22,23,25)/t10?,13?,17-/m0/s1. The monoisotopic (exact) mass is 396 g/mol. The zero-order chi connectivity index (χ0) is 18.8. The van der Waals surface area contributed by atoms with E-state index in [9.17, 15) is 9.59 Å². The molecule has 0 saturated heterocycles. The maximum atomic E-state index is 12.9. The highest BCUT2D eigenvalue weighted by Gasteiger charge is 2.34. The highest BCUT2D eigenvalue weighted by molar-refractivity contribution is 6.42. The second-order valence-electron chi connectivity index (χ2n) is 7.03. The summed E-state index contributed by atoms with van der Waals surface area (Å²) in [7, 11) is 0. The molecule has 26 heavy (non-hydrogen) atoms. The third-order valence-electron chi connectivity index (χ3n) is 5.00. The zero-order valence-corrected chi connectivity index (χ0v) is 16.3. The van der Waals surface area contributed by atoms with E-state index in [2.05, 4.69) is 17.6 Å². The van der Waals surface area contributed by atoms with Crippen molar-refractivity contribution in [2.75, 3.05) is 0 Å². The number of hydrogen-bond acceptors (Lipinski definition) is 3. The third kappa shape index (κ3) is 4.15. The number of carbonyl (C=O) groups excluding carboxylic acids is 2. The third-order valence-corrected chi connectivity index (χ3v) is 5.74. The molecule has 3 rings (SSSR count). The summed E-state index contributed by atoms with van der Waals surface area (Å²) in [5.41, 5.74) is 1.55. The fraction of sp³-hybridized carbons (Fsp3) is 0.474. The quantitative estimate of drug-likeness (QED) is 0.724. The van der Waals surface area contributed by atoms with E-state index in [1.807, 2.05) is 0 Å². The van der Waals surface area contributed by atoms with E-state index in [0.29, 0.717) is 32.8 Å². The Bertz CT molecular complexity index is 755. The number of halogens is 2. The minimum atomic E-state index is -0.631. The lowest BCUT2D eigenvalue weighted by Gasteiger charge is -2.31. The summed E-state index contributed by atoms with van der Waals surface area (Å²) in [6.07, 6.45) is 3.78. The second-order valence-corrected chi connectivity index (χ2v) is 7.85. The van der Waals surface area contributed by atoms with Gasteiger partial charge in [-0.25, -0.2) is 9.59 Å². The molecule has 2 N–H and O–H groups in total. The molecule has 2 amide bonds. The van der Waals surface area contributed by atoms with Gasteiger partial charge in [0.1, 0.15) is 6.10 Å². The molecule has 5 nitrogen and oxygen atoms in total. The maximum Gasteiger partial charge on any atom is 0.338 e. The molecule has 140 valence electrons. The molecule has 1 aromatic carbocycles. The molecule has 0 bridgehead atoms. The highest BCUT2D eigenvalue weighted by Crippen LogP contribution is 2.33. The Kier molecular flexibility index (Phi) is 5.78. The number of hydrogen-bond donors (Lipinski definition) is 2. The molecule has 0 unspecified atom stereocenters. The van der Waals surface area contributed by atoms with Gasteiger partial charge in [-0.05, 0) is 56.2 Å². The Hall–Kier alpha value is -1.72. The predicted octanol–water partition coefficient (Wildman–Crippen LogP) is 4.74. The van der Waals surface area contributed by atoms with Crippen molar-refractivity contribution in [3.8, 4) is 0 Å². The molecule has 2 aliphatic rings. The number of amides is 2. The van der Waals surface area contributed by atoms with Gasteiger partial charge in [0.15, 0.2) is 0 Å². The largest absolute Gasteiger partial charge is 0.459 e. The average molecular weight is 397 g/mol. The normalized spacial score (nSPS) is 26.2. The van der Waals surface area contributed by atoms with Gasteiger partial charge < -0.3 is 15.4 Å². The predicted molar refractivity (Wildman–Crippen MR) is 101 cm³/mol. The van der Waals surface area contributed by atoms with Gasteiger partial charge in [0.2, 0.25) is 0 Å². The van der Waals surface area contributed by atoms with Crippen molar-refractivity contribution in [1.82, 2.24) is 10.6 Å². The fourth-order valence-corrected chi connectivity index (χ4v) is 3.78. The molecule has 0 radical (unpaired) electrons. The lowest BCUT2D eigenvalue weighted by atomic mass is 9.89. The number of carbonyl (C=O) groups is 2. The first-order chi connectivity index (χ1) is 12.3. The first-order valence-corrected chi connectivity index (χ1v) is 9.55. The van der Waals surface area contributed by atoms with Crippen LogP contribution in [0.1, 0.15) is 51.1 Å². The van der Waals surface area contributed by atoms with Crippen LogP contribution < -0.4 is 10.6 Å². The van der Waals surface area contributed by atoms with E-state index >= 15 is 0 Å². The van der Waals surface area contributed by atoms with Crippen LogP contribution in [0.5, 0.6) is 0 Å². The molecule has 1 heterocycles. The Morgan fingerprint density at radius 3 is 2.50 bits per heavy atom. The topological polar surface area (TPSA) is 67.4 Å². The summed E-state index contributed by atoms with van der Waals surface area (Å²) in [4.78, 5) is 24.8. The summed E-state index contributed by atoms with van der Waals surface area (Å²) >= 11 is 12.1. The molecule has 1 aliphatic heterocycles. The average Bonchev–Trinajstić information content (AvgIpc) is 2.58. The molecule has 1 fully saturated rings. The summed E-state index contributed by atoms with van der Waals surface area (Å²) in [5.74, 6) is 0.260. The van der Waals surface area contributed by atoms with Crippen LogP contribution in [-0.2, 0) is 9.53 Å². The summed E-state index contributed by atoms with van der Waals surface area (Å²) < 4.78 is 5.74. The van der Waals surface area contributed by atoms with Gasteiger partial charge in [-0.2, -0.15) is 0 Å². The molecule has 1 atom stereocenters. The fourth-order valence-electron chi connectivity index (χ4n) is 3.47. The number of benzene rings is 1. The number of allylic oxidation sites excluding steroid dienone is 1. The van der Waals surface area contributed by atoms with E-state index in [1.165, 1.54) is 0 Å². The van der Waals surface area contributed by atoms with Gasteiger partial charge in [-0.15, -0.1) is 0 Å². The van der Waals surface area contributed by atoms with Crippen molar-refractivity contribution in [3.63, 3.8) is 0 Å². The Balaban J connectivity index is 1.85. The van der Waals surface area contributed by atoms with Crippen LogP contribution in [0.15, 0.2) is 29.5 Å². The first-order valence-electron chi connectivity index (χ1n) is 8.79. The minimum absolute atomic E-state index is 0.0777. The summed E-state index contributed by atoms with van der Waals surface area (Å²) in [6, 6.07) is 4.04. The van der Waals surface area contributed by atoms with Crippen molar-refractivity contribution in [1.29, 1.82) is 0 Å². The zero-order valence-electron chi connectivity index (χ0n) is 14.8. The second kappa shape index (κ2) is 7.89. The number of rotatable bonds is 3. The Morgan fingerprint density at radius 1 is 1.15 bits per heavy atom. The first kappa shape index (κ1) is 19.1. The van der Waals surface area contributed by atoms with Crippen LogP contribution in [0, 0.1) is 5.92 Å². The minimum Gasteiger partial charge on any atom is -0.459 e. The molecule has 0 spiro atoms. The molecular formula is C19H22Cl2N2O3. The summed E-state index contributed by atoms with van der Waals surface area (Å²) in [6.45, 7) is 3.91. The van der Waals surface area contributed by atoms with Gasteiger partial charge in [0, 0.05) is 5.70 Å². The molecule has 0 aromatic heterocycles. The smallest absolute Gasteiger partial charge is 0.338 e. The van der Waals surface area contributed by atoms with Gasteiger partial charge in [-0.3, -0.25) is 0 Å². The molecule has 1 aliphatic carbocycles. The maximum absolute atomic E-state index is 12.9. The number of ether oxygens (including phenoxy) is 1. The van der Waals surface area contributed by atoms with Crippen molar-refractivity contribution < 1.29 is 14.3 Å². The van der Waals surface area contributed by atoms with Crippen molar-refractivity contribution in [2.24, 2.45) is 5.92 Å². The number of esters is 1. The van der Waals surface area contributed by atoms with Crippen LogP contribution in [0.25, 0.3) is 0 Å². The van der Waals surface area contributed by atoms with Gasteiger partial charge in [-0.1, -0.05) is 36.2 Å². The van der Waals surface area contributed by atoms with Crippen molar-refractivity contribution in [3.05, 3.63) is 45.1 Å². The van der Waals surface area contributed by atoms with Crippen LogP contribution in [0.2, 0.25) is 10.0 Å². The molecule has 1 aromatic rings. The Labute approximate surface area is 163 Å². The van der Waals surface area contributed by atoms with Crippen LogP contribution >= 0.6 is 23.2 Å². The van der Waals surface area contributed by atoms with Gasteiger partial charge in [0.25, 0.3) is 0 Å². The van der Waals surface area contributed by atoms with Gasteiger partial charge >= 0.3 is 12.0 Å². The molecule has 7 heteroatoms. The van der Waals surface area contributed by atoms with Crippen molar-refractivity contribution in [2.45, 2.75) is 51.7 Å². The van der Waals surface area contributed by atoms with Crippen LogP contribution in [-0.4, -0.2) is 18.1 Å². The summed E-state index contributed by atoms with van der Waals surface area (Å²) in [5, 5.41) is 6.20. The van der Waals surface area contributed by atoms with E-state index in [1.54, 1.807) is 25.1 Å². The SMILES string of the molecule is CC1=C(C(=O)OC2CCC(C)CC2)[C@H](c2ccc(Cl)c(Cl)c2)NC(=O)N1. The van der Waals surface area contributed by atoms with Crippen LogP contribution in [0.4, 0.5) is 4.79 Å². The lowest BCUT2D eigenvalue weighted by Crippen LogP contribution is -2.45. The Morgan fingerprint density at radius 2 is 1.85 bits per heavy atom. The van der Waals surface area contributed by atoms with Crippen LogP contribution in [0.3, 0.4) is 0 Å². The van der Waals surface area contributed by atoms with Gasteiger partial charge in [0.05, 0.1) is 21.7 Å². The van der Waals surface area contributed by atoms with E-state index < -0.39 is 12.0 Å². The molecule has 1 saturated carbocycles.